The van der Waals surface area contributed by atoms with Crippen LogP contribution >= 0.6 is 11.6 Å². The van der Waals surface area contributed by atoms with Gasteiger partial charge in [0.15, 0.2) is 6.10 Å². The molecule has 1 heterocycles. The van der Waals surface area contributed by atoms with Gasteiger partial charge >= 0.3 is 0 Å². The van der Waals surface area contributed by atoms with E-state index in [9.17, 15) is 4.79 Å². The molecule has 3 aromatic carbocycles. The van der Waals surface area contributed by atoms with Crippen LogP contribution in [0.1, 0.15) is 12.8 Å². The first kappa shape index (κ1) is 19.9. The Balaban J connectivity index is 1.44. The van der Waals surface area contributed by atoms with E-state index in [0.29, 0.717) is 28.1 Å². The van der Waals surface area contributed by atoms with Crippen molar-refractivity contribution in [2.45, 2.75) is 19.6 Å². The van der Waals surface area contributed by atoms with Crippen molar-refractivity contribution in [3.05, 3.63) is 77.6 Å². The Kier molecular flexibility index (Phi) is 5.68. The molecule has 4 rings (SSSR count). The van der Waals surface area contributed by atoms with Crippen LogP contribution in [-0.2, 0) is 11.3 Å². The second-order valence-corrected chi connectivity index (χ2v) is 7.33. The topological polar surface area (TPSA) is 68.5 Å². The lowest BCUT2D eigenvalue weighted by Crippen LogP contribution is -2.37. The molecule has 0 aliphatic carbocycles. The number of ether oxygens (including phenoxy) is 1. The zero-order valence-electron chi connectivity index (χ0n) is 16.6. The van der Waals surface area contributed by atoms with E-state index in [2.05, 4.69) is 10.1 Å². The molecule has 0 unspecified atom stereocenters. The number of hydrogen-bond donors (Lipinski definition) is 0. The van der Waals surface area contributed by atoms with E-state index in [-0.39, 0.29) is 12.5 Å². The highest BCUT2D eigenvalue weighted by Gasteiger charge is 2.22. The average Bonchev–Trinajstić information content (AvgIpc) is 3.22. The summed E-state index contributed by atoms with van der Waals surface area (Å²) < 4.78 is 11.3. The van der Waals surface area contributed by atoms with Crippen LogP contribution in [0.5, 0.6) is 5.75 Å². The van der Waals surface area contributed by atoms with Crippen LogP contribution in [0.15, 0.2) is 71.3 Å². The summed E-state index contributed by atoms with van der Waals surface area (Å²) in [5.41, 5.74) is 0.677. The quantitative estimate of drug-likeness (QED) is 0.439. The Morgan fingerprint density at radius 3 is 2.67 bits per heavy atom. The zero-order valence-corrected chi connectivity index (χ0v) is 17.3. The van der Waals surface area contributed by atoms with Crippen LogP contribution in [0.2, 0.25) is 5.02 Å². The van der Waals surface area contributed by atoms with Gasteiger partial charge in [-0.25, -0.2) is 0 Å². The molecule has 0 N–H and O–H groups in total. The minimum absolute atomic E-state index is 0.166. The second kappa shape index (κ2) is 8.55. The molecule has 0 saturated heterocycles. The Hall–Kier alpha value is -3.38. The monoisotopic (exact) mass is 421 g/mol. The van der Waals surface area contributed by atoms with Crippen LogP contribution in [0, 0.1) is 0 Å². The van der Waals surface area contributed by atoms with Crippen LogP contribution in [0.3, 0.4) is 0 Å². The number of carbonyl (C=O) groups is 1. The van der Waals surface area contributed by atoms with Gasteiger partial charge in [0.05, 0.1) is 11.6 Å². The van der Waals surface area contributed by atoms with E-state index in [1.807, 2.05) is 60.7 Å². The maximum Gasteiger partial charge on any atom is 0.263 e. The fourth-order valence-corrected chi connectivity index (χ4v) is 3.42. The molecule has 152 valence electrons. The standard InChI is InChI=1S/C23H20ClN3O3/c1-15(29-20-13-7-9-16-8-3-4-10-17(16)20)23(28)27(2)14-21-25-22(26-30-21)18-11-5-6-12-19(18)24/h3-13,15H,14H2,1-2H3/t15-/m0/s1. The minimum atomic E-state index is -0.674. The summed E-state index contributed by atoms with van der Waals surface area (Å²) in [5.74, 6) is 1.18. The van der Waals surface area contributed by atoms with Gasteiger partial charge in [-0.05, 0) is 30.5 Å². The summed E-state index contributed by atoms with van der Waals surface area (Å²) in [6, 6.07) is 20.9. The predicted molar refractivity (Wildman–Crippen MR) is 115 cm³/mol. The van der Waals surface area contributed by atoms with Crippen molar-refractivity contribution in [1.29, 1.82) is 0 Å². The van der Waals surface area contributed by atoms with Crippen molar-refractivity contribution in [2.24, 2.45) is 0 Å². The molecule has 6 nitrogen and oxygen atoms in total. The second-order valence-electron chi connectivity index (χ2n) is 6.92. The SMILES string of the molecule is C[C@H](Oc1cccc2ccccc12)C(=O)N(C)Cc1nc(-c2ccccc2Cl)no1. The number of rotatable bonds is 6. The van der Waals surface area contributed by atoms with Crippen LogP contribution < -0.4 is 4.74 Å². The molecule has 30 heavy (non-hydrogen) atoms. The van der Waals surface area contributed by atoms with Gasteiger partial charge in [0.2, 0.25) is 11.7 Å². The number of carbonyl (C=O) groups excluding carboxylic acids is 1. The van der Waals surface area contributed by atoms with Crippen molar-refractivity contribution >= 4 is 28.3 Å². The normalized spacial score (nSPS) is 12.0. The lowest BCUT2D eigenvalue weighted by Gasteiger charge is -2.21. The van der Waals surface area contributed by atoms with E-state index >= 15 is 0 Å². The molecule has 0 radical (unpaired) electrons. The van der Waals surface area contributed by atoms with Crippen LogP contribution in [0.4, 0.5) is 0 Å². The third-order valence-electron chi connectivity index (χ3n) is 4.73. The maximum atomic E-state index is 12.8. The van der Waals surface area contributed by atoms with Gasteiger partial charge in [0, 0.05) is 18.0 Å². The molecule has 1 atom stereocenters. The molecule has 0 spiro atoms. The largest absolute Gasteiger partial charge is 0.480 e. The summed E-state index contributed by atoms with van der Waals surface area (Å²) in [5, 5.41) is 6.52. The molecule has 7 heteroatoms. The molecule has 1 amide bonds. The molecule has 1 aromatic heterocycles. The van der Waals surface area contributed by atoms with Gasteiger partial charge in [-0.2, -0.15) is 4.98 Å². The maximum absolute atomic E-state index is 12.8. The molecular formula is C23H20ClN3O3. The fraction of sp³-hybridized carbons (Fsp3) is 0.174. The van der Waals surface area contributed by atoms with E-state index in [1.54, 1.807) is 20.0 Å². The number of aromatic nitrogens is 2. The molecule has 0 saturated carbocycles. The van der Waals surface area contributed by atoms with Crippen molar-refractivity contribution in [2.75, 3.05) is 7.05 Å². The third kappa shape index (κ3) is 4.14. The number of hydrogen-bond acceptors (Lipinski definition) is 5. The first-order valence-corrected chi connectivity index (χ1v) is 9.87. The van der Waals surface area contributed by atoms with Crippen LogP contribution in [0.25, 0.3) is 22.2 Å². The third-order valence-corrected chi connectivity index (χ3v) is 5.06. The Morgan fingerprint density at radius 1 is 1.10 bits per heavy atom. The Bertz CT molecular complexity index is 1190. The van der Waals surface area contributed by atoms with Crippen molar-refractivity contribution in [3.63, 3.8) is 0 Å². The fourth-order valence-electron chi connectivity index (χ4n) is 3.20. The first-order chi connectivity index (χ1) is 14.5. The summed E-state index contributed by atoms with van der Waals surface area (Å²) >= 11 is 6.18. The summed E-state index contributed by atoms with van der Waals surface area (Å²) in [7, 11) is 1.67. The number of nitrogens with zero attached hydrogens (tertiary/aromatic N) is 3. The molecule has 0 aliphatic rings. The van der Waals surface area contributed by atoms with Crippen molar-refractivity contribution in [1.82, 2.24) is 15.0 Å². The summed E-state index contributed by atoms with van der Waals surface area (Å²) in [6.07, 6.45) is -0.674. The van der Waals surface area contributed by atoms with Gasteiger partial charge in [0.25, 0.3) is 5.91 Å². The van der Waals surface area contributed by atoms with E-state index in [4.69, 9.17) is 20.9 Å². The highest BCUT2D eigenvalue weighted by molar-refractivity contribution is 6.33. The first-order valence-electron chi connectivity index (χ1n) is 9.50. The van der Waals surface area contributed by atoms with E-state index in [0.717, 1.165) is 10.8 Å². The molecule has 4 aromatic rings. The van der Waals surface area contributed by atoms with Crippen molar-refractivity contribution < 1.29 is 14.1 Å². The number of halogens is 1. The number of benzene rings is 3. The lowest BCUT2D eigenvalue weighted by molar-refractivity contribution is -0.137. The summed E-state index contributed by atoms with van der Waals surface area (Å²) in [6.45, 7) is 1.89. The van der Waals surface area contributed by atoms with E-state index < -0.39 is 6.10 Å². The van der Waals surface area contributed by atoms with Gasteiger partial charge in [-0.15, -0.1) is 0 Å². The van der Waals surface area contributed by atoms with E-state index in [1.165, 1.54) is 4.90 Å². The van der Waals surface area contributed by atoms with Crippen molar-refractivity contribution in [3.8, 4) is 17.1 Å². The number of likely N-dealkylation sites (N-methyl/N-ethyl adjacent to an activating group) is 1. The molecular weight excluding hydrogens is 402 g/mol. The molecule has 0 bridgehead atoms. The molecule has 0 aliphatic heterocycles. The smallest absolute Gasteiger partial charge is 0.263 e. The zero-order chi connectivity index (χ0) is 21.1. The Morgan fingerprint density at radius 2 is 1.83 bits per heavy atom. The van der Waals surface area contributed by atoms with Gasteiger partial charge in [-0.3, -0.25) is 4.79 Å². The Labute approximate surface area is 179 Å². The van der Waals surface area contributed by atoms with Gasteiger partial charge in [0.1, 0.15) is 5.75 Å². The van der Waals surface area contributed by atoms with Gasteiger partial charge in [-0.1, -0.05) is 65.3 Å². The minimum Gasteiger partial charge on any atom is -0.480 e. The average molecular weight is 422 g/mol. The summed E-state index contributed by atoms with van der Waals surface area (Å²) in [4.78, 5) is 18.7. The highest BCUT2D eigenvalue weighted by atomic mass is 35.5. The molecule has 0 fully saturated rings. The van der Waals surface area contributed by atoms with Gasteiger partial charge < -0.3 is 14.2 Å². The number of fused-ring (bicyclic) bond motifs is 1. The number of amides is 1. The predicted octanol–water partition coefficient (Wildman–Crippen LogP) is 4.97. The lowest BCUT2D eigenvalue weighted by atomic mass is 10.1. The van der Waals surface area contributed by atoms with Crippen LogP contribution in [-0.4, -0.2) is 34.1 Å². The highest BCUT2D eigenvalue weighted by Crippen LogP contribution is 2.27.